The van der Waals surface area contributed by atoms with Crippen molar-refractivity contribution in [3.8, 4) is 0 Å². The Hall–Kier alpha value is -1.88. The van der Waals surface area contributed by atoms with Crippen LogP contribution in [0.3, 0.4) is 0 Å². The molecule has 2 rings (SSSR count). The van der Waals surface area contributed by atoms with Gasteiger partial charge in [-0.2, -0.15) is 0 Å². The van der Waals surface area contributed by atoms with Crippen LogP contribution in [0.2, 0.25) is 0 Å². The summed E-state index contributed by atoms with van der Waals surface area (Å²) in [4.78, 5) is 14.9. The number of rotatable bonds is 3. The predicted molar refractivity (Wildman–Crippen MR) is 64.4 cm³/mol. The zero-order chi connectivity index (χ0) is 12.4. The Labute approximate surface area is 98.0 Å². The standard InChI is InChI=1S/C12H14FN3O/c1-7-11(12(17)15-5-4-14)9-3-2-8(13)6-10(9)16-7/h2-3,6,16H,4-5,14H2,1H3,(H,15,17). The smallest absolute Gasteiger partial charge is 0.253 e. The van der Waals surface area contributed by atoms with Gasteiger partial charge in [0.1, 0.15) is 5.82 Å². The molecule has 1 aromatic heterocycles. The normalized spacial score (nSPS) is 10.8. The van der Waals surface area contributed by atoms with Crippen LogP contribution in [-0.2, 0) is 0 Å². The quantitative estimate of drug-likeness (QED) is 0.750. The highest BCUT2D eigenvalue weighted by Crippen LogP contribution is 2.22. The van der Waals surface area contributed by atoms with Crippen molar-refractivity contribution in [3.05, 3.63) is 35.3 Å². The molecule has 0 aliphatic carbocycles. The summed E-state index contributed by atoms with van der Waals surface area (Å²) < 4.78 is 13.0. The second-order valence-electron chi connectivity index (χ2n) is 3.86. The summed E-state index contributed by atoms with van der Waals surface area (Å²) in [5.74, 6) is -0.515. The van der Waals surface area contributed by atoms with E-state index in [1.165, 1.54) is 12.1 Å². The number of aryl methyl sites for hydroxylation is 1. The topological polar surface area (TPSA) is 70.9 Å². The highest BCUT2D eigenvalue weighted by molar-refractivity contribution is 6.08. The van der Waals surface area contributed by atoms with Crippen molar-refractivity contribution in [2.45, 2.75) is 6.92 Å². The van der Waals surface area contributed by atoms with Gasteiger partial charge in [0, 0.05) is 29.7 Å². The van der Waals surface area contributed by atoms with Crippen LogP contribution in [0.5, 0.6) is 0 Å². The van der Waals surface area contributed by atoms with Crippen LogP contribution in [-0.4, -0.2) is 24.0 Å². The summed E-state index contributed by atoms with van der Waals surface area (Å²) in [6.45, 7) is 2.60. The average molecular weight is 235 g/mol. The summed E-state index contributed by atoms with van der Waals surface area (Å²) in [5.41, 5.74) is 7.23. The number of nitrogens with two attached hydrogens (primary N) is 1. The van der Waals surface area contributed by atoms with Gasteiger partial charge in [-0.3, -0.25) is 4.79 Å². The third-order valence-corrected chi connectivity index (χ3v) is 2.61. The lowest BCUT2D eigenvalue weighted by atomic mass is 10.1. The van der Waals surface area contributed by atoms with E-state index in [0.29, 0.717) is 24.2 Å². The molecule has 0 saturated heterocycles. The second-order valence-corrected chi connectivity index (χ2v) is 3.86. The zero-order valence-electron chi connectivity index (χ0n) is 9.51. The molecule has 1 aromatic carbocycles. The Kier molecular flexibility index (Phi) is 3.10. The average Bonchev–Trinajstić information content (AvgIpc) is 2.61. The van der Waals surface area contributed by atoms with Crippen molar-refractivity contribution in [2.24, 2.45) is 5.73 Å². The van der Waals surface area contributed by atoms with Crippen molar-refractivity contribution in [3.63, 3.8) is 0 Å². The lowest BCUT2D eigenvalue weighted by Crippen LogP contribution is -2.29. The number of carbonyl (C=O) groups is 1. The molecule has 0 aliphatic heterocycles. The molecular formula is C12H14FN3O. The van der Waals surface area contributed by atoms with Crippen LogP contribution in [0.25, 0.3) is 10.9 Å². The first kappa shape index (κ1) is 11.6. The molecule has 0 unspecified atom stereocenters. The summed E-state index contributed by atoms with van der Waals surface area (Å²) in [6, 6.07) is 4.32. The second kappa shape index (κ2) is 4.55. The van der Waals surface area contributed by atoms with Gasteiger partial charge >= 0.3 is 0 Å². The molecule has 0 aliphatic rings. The third-order valence-electron chi connectivity index (χ3n) is 2.61. The van der Waals surface area contributed by atoms with Gasteiger partial charge < -0.3 is 16.0 Å². The van der Waals surface area contributed by atoms with Crippen molar-refractivity contribution < 1.29 is 9.18 Å². The van der Waals surface area contributed by atoms with Crippen LogP contribution < -0.4 is 11.1 Å². The Morgan fingerprint density at radius 3 is 3.00 bits per heavy atom. The van der Waals surface area contributed by atoms with Crippen LogP contribution in [0.4, 0.5) is 4.39 Å². The minimum absolute atomic E-state index is 0.189. The van der Waals surface area contributed by atoms with E-state index in [1.54, 1.807) is 13.0 Å². The van der Waals surface area contributed by atoms with Gasteiger partial charge in [0.25, 0.3) is 5.91 Å². The van der Waals surface area contributed by atoms with E-state index >= 15 is 0 Å². The van der Waals surface area contributed by atoms with E-state index < -0.39 is 0 Å². The number of halogens is 1. The summed E-state index contributed by atoms with van der Waals surface area (Å²) in [6.07, 6.45) is 0. The lowest BCUT2D eigenvalue weighted by molar-refractivity contribution is 0.0956. The molecule has 4 N–H and O–H groups in total. The van der Waals surface area contributed by atoms with E-state index in [2.05, 4.69) is 10.3 Å². The summed E-state index contributed by atoms with van der Waals surface area (Å²) in [5, 5.41) is 3.43. The maximum atomic E-state index is 13.0. The first-order valence-corrected chi connectivity index (χ1v) is 5.39. The molecule has 1 heterocycles. The molecule has 0 atom stereocenters. The Bertz CT molecular complexity index is 562. The predicted octanol–water partition coefficient (Wildman–Crippen LogP) is 1.30. The molecule has 5 heteroatoms. The number of fused-ring (bicyclic) bond motifs is 1. The van der Waals surface area contributed by atoms with E-state index in [0.717, 1.165) is 11.1 Å². The zero-order valence-corrected chi connectivity index (χ0v) is 9.51. The number of hydrogen-bond donors (Lipinski definition) is 3. The molecule has 90 valence electrons. The molecule has 0 fully saturated rings. The van der Waals surface area contributed by atoms with Gasteiger partial charge in [0.15, 0.2) is 0 Å². The van der Waals surface area contributed by atoms with Gasteiger partial charge in [0.05, 0.1) is 5.56 Å². The number of hydrogen-bond acceptors (Lipinski definition) is 2. The number of benzene rings is 1. The third kappa shape index (κ3) is 2.14. The first-order chi connectivity index (χ1) is 8.13. The summed E-state index contributed by atoms with van der Waals surface area (Å²) >= 11 is 0. The Morgan fingerprint density at radius 1 is 1.53 bits per heavy atom. The molecule has 4 nitrogen and oxygen atoms in total. The molecule has 0 bridgehead atoms. The van der Waals surface area contributed by atoms with Gasteiger partial charge in [-0.1, -0.05) is 0 Å². The maximum Gasteiger partial charge on any atom is 0.253 e. The Morgan fingerprint density at radius 2 is 2.29 bits per heavy atom. The molecule has 1 amide bonds. The molecule has 0 saturated carbocycles. The maximum absolute atomic E-state index is 13.0. The van der Waals surface area contributed by atoms with Crippen molar-refractivity contribution in [1.82, 2.24) is 10.3 Å². The fourth-order valence-electron chi connectivity index (χ4n) is 1.87. The molecule has 17 heavy (non-hydrogen) atoms. The van der Waals surface area contributed by atoms with Crippen LogP contribution in [0.15, 0.2) is 18.2 Å². The van der Waals surface area contributed by atoms with E-state index in [1.807, 2.05) is 0 Å². The fourth-order valence-corrected chi connectivity index (χ4v) is 1.87. The van der Waals surface area contributed by atoms with Gasteiger partial charge in [-0.05, 0) is 25.1 Å². The van der Waals surface area contributed by atoms with Crippen molar-refractivity contribution in [2.75, 3.05) is 13.1 Å². The SMILES string of the molecule is Cc1[nH]c2cc(F)ccc2c1C(=O)NCCN. The van der Waals surface area contributed by atoms with Crippen molar-refractivity contribution >= 4 is 16.8 Å². The fraction of sp³-hybridized carbons (Fsp3) is 0.250. The van der Waals surface area contributed by atoms with Crippen molar-refractivity contribution in [1.29, 1.82) is 0 Å². The number of carbonyl (C=O) groups excluding carboxylic acids is 1. The Balaban J connectivity index is 2.46. The number of aromatic amines is 1. The molecule has 0 spiro atoms. The number of H-pyrrole nitrogens is 1. The van der Waals surface area contributed by atoms with Gasteiger partial charge in [0.2, 0.25) is 0 Å². The minimum Gasteiger partial charge on any atom is -0.358 e. The highest BCUT2D eigenvalue weighted by Gasteiger charge is 2.15. The van der Waals surface area contributed by atoms with Gasteiger partial charge in [-0.25, -0.2) is 4.39 Å². The number of amides is 1. The molecule has 0 radical (unpaired) electrons. The minimum atomic E-state index is -0.326. The number of aromatic nitrogens is 1. The monoisotopic (exact) mass is 235 g/mol. The highest BCUT2D eigenvalue weighted by atomic mass is 19.1. The largest absolute Gasteiger partial charge is 0.358 e. The van der Waals surface area contributed by atoms with Crippen LogP contribution in [0.1, 0.15) is 16.1 Å². The van der Waals surface area contributed by atoms with Crippen LogP contribution in [0, 0.1) is 12.7 Å². The van der Waals surface area contributed by atoms with Gasteiger partial charge in [-0.15, -0.1) is 0 Å². The lowest BCUT2D eigenvalue weighted by Gasteiger charge is -2.03. The van der Waals surface area contributed by atoms with E-state index in [-0.39, 0.29) is 11.7 Å². The summed E-state index contributed by atoms with van der Waals surface area (Å²) in [7, 11) is 0. The number of nitrogens with one attached hydrogen (secondary N) is 2. The van der Waals surface area contributed by atoms with E-state index in [4.69, 9.17) is 5.73 Å². The van der Waals surface area contributed by atoms with Crippen LogP contribution >= 0.6 is 0 Å². The first-order valence-electron chi connectivity index (χ1n) is 5.39. The van der Waals surface area contributed by atoms with E-state index in [9.17, 15) is 9.18 Å². The molecular weight excluding hydrogens is 221 g/mol. The molecule has 2 aromatic rings.